The highest BCUT2D eigenvalue weighted by Gasteiger charge is 2.44. The minimum Gasteiger partial charge on any atom is -0.437 e. The second-order valence-electron chi connectivity index (χ2n) is 9.12. The molecule has 0 fully saturated rings. The lowest BCUT2D eigenvalue weighted by Crippen LogP contribution is -2.56. The first-order chi connectivity index (χ1) is 11.7. The Labute approximate surface area is 165 Å². The van der Waals surface area contributed by atoms with Crippen molar-refractivity contribution < 1.29 is 26.9 Å². The number of rotatable bonds is 15. The van der Waals surface area contributed by atoms with E-state index >= 15 is 0 Å². The van der Waals surface area contributed by atoms with Gasteiger partial charge >= 0.3 is 17.1 Å². The van der Waals surface area contributed by atoms with Crippen LogP contribution in [0, 0.1) is 0 Å². The first kappa shape index (κ1) is 26.6. The molecule has 0 aliphatic heterocycles. The molecule has 6 nitrogen and oxygen atoms in total. The van der Waals surface area contributed by atoms with E-state index in [9.17, 15) is 0 Å². The molecule has 0 aliphatic carbocycles. The average Bonchev–Trinajstić information content (AvgIpc) is 2.35. The predicted molar refractivity (Wildman–Crippen MR) is 117 cm³/mol. The monoisotopic (exact) mass is 442 g/mol. The summed E-state index contributed by atoms with van der Waals surface area (Å²) < 4.78 is 30.4. The minimum atomic E-state index is -2.32. The van der Waals surface area contributed by atoms with E-state index in [1.807, 2.05) is 0 Å². The first-order valence-electron chi connectivity index (χ1n) is 9.55. The number of aliphatic hydroxyl groups is 1. The van der Waals surface area contributed by atoms with Crippen molar-refractivity contribution in [2.24, 2.45) is 0 Å². The van der Waals surface area contributed by atoms with Gasteiger partial charge in [0.15, 0.2) is 16.6 Å². The normalized spacial score (nSPS) is 15.9. The second kappa shape index (κ2) is 11.6. The topological polar surface area (TPSA) is 66.4 Å². The fraction of sp³-hybridized carbons (Fsp3) is 1.00. The average molecular weight is 443 g/mol. The number of hydrogen-bond acceptors (Lipinski definition) is 6. The molecule has 1 atom stereocenters. The molecule has 0 aromatic carbocycles. The van der Waals surface area contributed by atoms with E-state index in [0.29, 0.717) is 26.4 Å². The maximum atomic E-state index is 8.66. The van der Waals surface area contributed by atoms with E-state index in [-0.39, 0.29) is 6.61 Å². The Morgan fingerprint density at radius 2 is 1.12 bits per heavy atom. The van der Waals surface area contributed by atoms with E-state index in [0.717, 1.165) is 12.5 Å². The molecular formula is C16H42O6Si4. The summed E-state index contributed by atoms with van der Waals surface area (Å²) in [6, 6.07) is 0.903. The summed E-state index contributed by atoms with van der Waals surface area (Å²) in [5.74, 6) is 0. The summed E-state index contributed by atoms with van der Waals surface area (Å²) >= 11 is 0. The molecule has 26 heavy (non-hydrogen) atoms. The van der Waals surface area contributed by atoms with Gasteiger partial charge in [0.1, 0.15) is 0 Å². The molecule has 0 radical (unpaired) electrons. The van der Waals surface area contributed by atoms with Gasteiger partial charge in [0.2, 0.25) is 0 Å². The fourth-order valence-electron chi connectivity index (χ4n) is 2.93. The number of aliphatic hydroxyl groups excluding tert-OH is 1. The van der Waals surface area contributed by atoms with Gasteiger partial charge in [0.25, 0.3) is 0 Å². The van der Waals surface area contributed by atoms with Crippen molar-refractivity contribution in [3.8, 4) is 0 Å². The summed E-state index contributed by atoms with van der Waals surface area (Å²) in [5, 5.41) is 8.66. The lowest BCUT2D eigenvalue weighted by molar-refractivity contribution is 0.0330. The van der Waals surface area contributed by atoms with Crippen molar-refractivity contribution in [1.82, 2.24) is 0 Å². The van der Waals surface area contributed by atoms with Crippen LogP contribution >= 0.6 is 0 Å². The Morgan fingerprint density at radius 3 is 1.58 bits per heavy atom. The van der Waals surface area contributed by atoms with Crippen LogP contribution in [0.25, 0.3) is 0 Å². The number of hydrogen-bond donors (Lipinski definition) is 1. The van der Waals surface area contributed by atoms with Crippen LogP contribution in [-0.2, 0) is 21.8 Å². The molecule has 0 bridgehead atoms. The van der Waals surface area contributed by atoms with Gasteiger partial charge < -0.3 is 26.9 Å². The SMILES string of the molecule is C[Si](C)(C)O[Si](C)(C)O[Si](C)(CCCOCCOCCO)O[Si](C)(C)C. The van der Waals surface area contributed by atoms with Gasteiger partial charge in [-0.25, -0.2) is 0 Å². The zero-order chi connectivity index (χ0) is 20.5. The molecule has 0 aromatic rings. The largest absolute Gasteiger partial charge is 0.437 e. The van der Waals surface area contributed by atoms with E-state index in [1.54, 1.807) is 0 Å². The quantitative estimate of drug-likeness (QED) is 0.306. The van der Waals surface area contributed by atoms with E-state index in [1.165, 1.54) is 0 Å². The van der Waals surface area contributed by atoms with Crippen molar-refractivity contribution in [3.05, 3.63) is 0 Å². The van der Waals surface area contributed by atoms with Crippen LogP contribution in [-0.4, -0.2) is 71.9 Å². The molecule has 0 rings (SSSR count). The zero-order valence-electron chi connectivity index (χ0n) is 18.4. The van der Waals surface area contributed by atoms with Gasteiger partial charge in [0.05, 0.1) is 26.4 Å². The third-order valence-corrected chi connectivity index (χ3v) is 16.6. The molecule has 0 spiro atoms. The molecule has 0 aliphatic rings. The van der Waals surface area contributed by atoms with E-state index < -0.39 is 33.8 Å². The Kier molecular flexibility index (Phi) is 11.9. The number of ether oxygens (including phenoxy) is 2. The van der Waals surface area contributed by atoms with Crippen molar-refractivity contribution >= 4 is 33.8 Å². The third kappa shape index (κ3) is 15.7. The molecular weight excluding hydrogens is 401 g/mol. The standard InChI is InChI=1S/C16H42O6Si4/c1-23(2,3)20-25(7,8)22-26(9,21-24(4,5)6)16-10-12-18-14-15-19-13-11-17/h17H,10-16H2,1-9H3. The molecule has 0 saturated carbocycles. The Balaban J connectivity index is 4.59. The molecule has 158 valence electrons. The van der Waals surface area contributed by atoms with Crippen molar-refractivity contribution in [3.63, 3.8) is 0 Å². The second-order valence-corrected chi connectivity index (χ2v) is 25.6. The first-order valence-corrected chi connectivity index (χ1v) is 21.7. The highest BCUT2D eigenvalue weighted by Crippen LogP contribution is 2.27. The maximum absolute atomic E-state index is 8.66. The predicted octanol–water partition coefficient (Wildman–Crippen LogP) is 3.90. The minimum absolute atomic E-state index is 0.0501. The summed E-state index contributed by atoms with van der Waals surface area (Å²) in [6.07, 6.45) is 0.907. The van der Waals surface area contributed by atoms with Crippen LogP contribution in [0.15, 0.2) is 0 Å². The van der Waals surface area contributed by atoms with Crippen LogP contribution in [0.5, 0.6) is 0 Å². The van der Waals surface area contributed by atoms with Crippen LogP contribution in [0.1, 0.15) is 6.42 Å². The van der Waals surface area contributed by atoms with Crippen LogP contribution < -0.4 is 0 Å². The fourth-order valence-corrected chi connectivity index (χ4v) is 20.9. The molecule has 0 heterocycles. The summed E-state index contributed by atoms with van der Waals surface area (Å²) in [6.45, 7) is 21.9. The van der Waals surface area contributed by atoms with Gasteiger partial charge in [-0.2, -0.15) is 0 Å². The summed E-state index contributed by atoms with van der Waals surface area (Å²) in [5.41, 5.74) is 0. The Bertz CT molecular complexity index is 384. The highest BCUT2D eigenvalue weighted by molar-refractivity contribution is 6.89. The molecule has 0 saturated heterocycles. The van der Waals surface area contributed by atoms with Gasteiger partial charge in [-0.1, -0.05) is 0 Å². The summed E-state index contributed by atoms with van der Waals surface area (Å²) in [7, 11) is -7.92. The highest BCUT2D eigenvalue weighted by atomic mass is 28.5. The molecule has 1 N–H and O–H groups in total. The zero-order valence-corrected chi connectivity index (χ0v) is 22.4. The smallest absolute Gasteiger partial charge is 0.315 e. The lowest BCUT2D eigenvalue weighted by Gasteiger charge is -2.41. The van der Waals surface area contributed by atoms with E-state index in [2.05, 4.69) is 58.9 Å². The third-order valence-electron chi connectivity index (χ3n) is 3.06. The van der Waals surface area contributed by atoms with Crippen molar-refractivity contribution in [2.75, 3.05) is 33.0 Å². The Morgan fingerprint density at radius 1 is 0.615 bits per heavy atom. The van der Waals surface area contributed by atoms with Crippen LogP contribution in [0.2, 0.25) is 65.0 Å². The van der Waals surface area contributed by atoms with Gasteiger partial charge in [-0.15, -0.1) is 0 Å². The molecule has 0 aromatic heterocycles. The van der Waals surface area contributed by atoms with Gasteiger partial charge in [-0.3, -0.25) is 0 Å². The lowest BCUT2D eigenvalue weighted by atomic mass is 10.5. The Hall–Kier alpha value is 0.628. The maximum Gasteiger partial charge on any atom is 0.315 e. The molecule has 10 heteroatoms. The summed E-state index contributed by atoms with van der Waals surface area (Å²) in [4.78, 5) is 0. The molecule has 0 amide bonds. The van der Waals surface area contributed by atoms with Crippen molar-refractivity contribution in [2.45, 2.75) is 71.4 Å². The van der Waals surface area contributed by atoms with Crippen LogP contribution in [0.3, 0.4) is 0 Å². The van der Waals surface area contributed by atoms with Gasteiger partial charge in [-0.05, 0) is 71.4 Å². The van der Waals surface area contributed by atoms with Crippen LogP contribution in [0.4, 0.5) is 0 Å². The van der Waals surface area contributed by atoms with Gasteiger partial charge in [0, 0.05) is 6.61 Å². The van der Waals surface area contributed by atoms with E-state index in [4.69, 9.17) is 26.9 Å². The van der Waals surface area contributed by atoms with Crippen molar-refractivity contribution in [1.29, 1.82) is 0 Å². The molecule has 1 unspecified atom stereocenters.